The molecule has 6 nitrogen and oxygen atoms in total. The Hall–Kier alpha value is -2.38. The number of aromatic nitrogens is 1. The molecule has 3 rings (SSSR count). The van der Waals surface area contributed by atoms with E-state index in [1.54, 1.807) is 29.3 Å². The molecule has 1 aliphatic heterocycles. The second-order valence-electron chi connectivity index (χ2n) is 9.77. The first-order valence-electron chi connectivity index (χ1n) is 12.0. The lowest BCUT2D eigenvalue weighted by atomic mass is 10.0. The molecule has 1 aromatic heterocycles. The summed E-state index contributed by atoms with van der Waals surface area (Å²) >= 11 is 7.52. The van der Waals surface area contributed by atoms with Crippen molar-refractivity contribution in [2.75, 3.05) is 10.7 Å². The fourth-order valence-corrected chi connectivity index (χ4v) is 5.05. The van der Waals surface area contributed by atoms with Gasteiger partial charge in [-0.3, -0.25) is 19.4 Å². The van der Waals surface area contributed by atoms with Gasteiger partial charge in [-0.05, 0) is 51.0 Å². The van der Waals surface area contributed by atoms with Crippen LogP contribution in [0.3, 0.4) is 0 Å². The number of anilines is 1. The van der Waals surface area contributed by atoms with Crippen molar-refractivity contribution in [3.63, 3.8) is 0 Å². The molecule has 1 atom stereocenters. The number of ether oxygens (including phenoxy) is 1. The average molecular weight is 517 g/mol. The van der Waals surface area contributed by atoms with Crippen LogP contribution in [0.25, 0.3) is 0 Å². The number of rotatable bonds is 9. The molecule has 8 heteroatoms. The number of Topliss-reactive ketones (excluding diaryl/α,β-unsaturated/α-hetero) is 1. The van der Waals surface area contributed by atoms with Crippen LogP contribution in [-0.2, 0) is 20.9 Å². The van der Waals surface area contributed by atoms with E-state index in [0.29, 0.717) is 35.1 Å². The number of esters is 1. The van der Waals surface area contributed by atoms with Gasteiger partial charge in [0.15, 0.2) is 5.78 Å². The normalized spacial score (nSPS) is 16.0. The molecular formula is C27H33ClN2O4S. The van der Waals surface area contributed by atoms with E-state index in [2.05, 4.69) is 11.9 Å². The predicted octanol–water partition coefficient (Wildman–Crippen LogP) is 6.48. The van der Waals surface area contributed by atoms with Gasteiger partial charge < -0.3 is 9.64 Å². The molecule has 188 valence electrons. The summed E-state index contributed by atoms with van der Waals surface area (Å²) < 4.78 is 5.48. The molecule has 0 aliphatic carbocycles. The molecule has 0 N–H and O–H groups in total. The summed E-state index contributed by atoms with van der Waals surface area (Å²) in [6.45, 7) is 7.81. The van der Waals surface area contributed by atoms with Crippen LogP contribution >= 0.6 is 23.4 Å². The first kappa shape index (κ1) is 27.2. The highest BCUT2D eigenvalue weighted by Crippen LogP contribution is 2.38. The van der Waals surface area contributed by atoms with Gasteiger partial charge in [0.2, 0.25) is 5.91 Å². The highest BCUT2D eigenvalue weighted by Gasteiger charge is 2.34. The van der Waals surface area contributed by atoms with Crippen LogP contribution in [0.4, 0.5) is 5.69 Å². The fraction of sp³-hybridized carbons (Fsp3) is 0.481. The second kappa shape index (κ2) is 12.0. The number of unbranched alkanes of at least 4 members (excludes halogenated alkanes) is 2. The SMILES string of the molecule is CCCCCC(=O)c1cc2c(cn1)SC[C@H](CC(=O)OC(C)(C)C)C(=O)N2Cc1ccc(Cl)cc1. The van der Waals surface area contributed by atoms with Crippen molar-refractivity contribution in [1.29, 1.82) is 0 Å². The Bertz CT molecular complexity index is 1070. The van der Waals surface area contributed by atoms with E-state index in [4.69, 9.17) is 16.3 Å². The van der Waals surface area contributed by atoms with Gasteiger partial charge in [0.25, 0.3) is 0 Å². The van der Waals surface area contributed by atoms with Crippen LogP contribution in [0.15, 0.2) is 41.4 Å². The van der Waals surface area contributed by atoms with Crippen LogP contribution < -0.4 is 4.90 Å². The Kier molecular flexibility index (Phi) is 9.36. The summed E-state index contributed by atoms with van der Waals surface area (Å²) in [5.41, 5.74) is 1.28. The van der Waals surface area contributed by atoms with E-state index in [-0.39, 0.29) is 18.1 Å². The maximum atomic E-state index is 13.7. The zero-order chi connectivity index (χ0) is 25.6. The molecule has 0 spiro atoms. The van der Waals surface area contributed by atoms with Gasteiger partial charge in [-0.25, -0.2) is 0 Å². The summed E-state index contributed by atoms with van der Waals surface area (Å²) in [6.07, 6.45) is 4.92. The molecule has 1 aromatic carbocycles. The first-order valence-corrected chi connectivity index (χ1v) is 13.4. The number of fused-ring (bicyclic) bond motifs is 1. The zero-order valence-electron chi connectivity index (χ0n) is 20.8. The summed E-state index contributed by atoms with van der Waals surface area (Å²) in [7, 11) is 0. The number of amides is 1. The molecular weight excluding hydrogens is 484 g/mol. The molecule has 35 heavy (non-hydrogen) atoms. The Labute approximate surface area is 216 Å². The number of nitrogens with zero attached hydrogens (tertiary/aromatic N) is 2. The lowest BCUT2D eigenvalue weighted by molar-refractivity contribution is -0.156. The van der Waals surface area contributed by atoms with Crippen molar-refractivity contribution in [1.82, 2.24) is 4.98 Å². The zero-order valence-corrected chi connectivity index (χ0v) is 22.4. The van der Waals surface area contributed by atoms with Crippen LogP contribution in [0.1, 0.15) is 75.9 Å². The highest BCUT2D eigenvalue weighted by atomic mass is 35.5. The monoisotopic (exact) mass is 516 g/mol. The minimum atomic E-state index is -0.624. The predicted molar refractivity (Wildman–Crippen MR) is 140 cm³/mol. The number of carbonyl (C=O) groups is 3. The number of ketones is 1. The Balaban J connectivity index is 1.92. The summed E-state index contributed by atoms with van der Waals surface area (Å²) in [5.74, 6) is -0.738. The van der Waals surface area contributed by atoms with Crippen molar-refractivity contribution in [2.45, 2.75) is 76.8 Å². The number of hydrogen-bond acceptors (Lipinski definition) is 6. The minimum absolute atomic E-state index is 0.00948. The Morgan fingerprint density at radius 3 is 2.57 bits per heavy atom. The topological polar surface area (TPSA) is 76.6 Å². The Morgan fingerprint density at radius 2 is 1.91 bits per heavy atom. The standard InChI is InChI=1S/C27H33ClN2O4S/c1-5-6-7-8-23(31)21-14-22-24(15-29-21)35-17-19(13-25(32)34-27(2,3)4)26(33)30(22)16-18-9-11-20(28)12-10-18/h9-12,14-15,19H,5-8,13,16-17H2,1-4H3/t19-/m0/s1. The van der Waals surface area contributed by atoms with Crippen molar-refractivity contribution in [3.8, 4) is 0 Å². The molecule has 2 aromatic rings. The largest absolute Gasteiger partial charge is 0.460 e. The molecule has 0 saturated carbocycles. The molecule has 0 radical (unpaired) electrons. The van der Waals surface area contributed by atoms with E-state index in [1.165, 1.54) is 11.8 Å². The quantitative estimate of drug-likeness (QED) is 0.215. The van der Waals surface area contributed by atoms with Gasteiger partial charge >= 0.3 is 5.97 Å². The maximum absolute atomic E-state index is 13.7. The van der Waals surface area contributed by atoms with Crippen LogP contribution in [0.5, 0.6) is 0 Å². The maximum Gasteiger partial charge on any atom is 0.307 e. The van der Waals surface area contributed by atoms with E-state index in [9.17, 15) is 14.4 Å². The van der Waals surface area contributed by atoms with Gasteiger partial charge in [-0.2, -0.15) is 0 Å². The van der Waals surface area contributed by atoms with Gasteiger partial charge in [0.05, 0.1) is 24.6 Å². The molecule has 0 bridgehead atoms. The van der Waals surface area contributed by atoms with E-state index in [1.807, 2.05) is 32.9 Å². The summed E-state index contributed by atoms with van der Waals surface area (Å²) in [4.78, 5) is 46.0. The molecule has 1 aliphatic rings. The summed E-state index contributed by atoms with van der Waals surface area (Å²) in [6, 6.07) is 9.02. The average Bonchev–Trinajstić information content (AvgIpc) is 2.91. The van der Waals surface area contributed by atoms with Crippen molar-refractivity contribution >= 4 is 46.7 Å². The van der Waals surface area contributed by atoms with Crippen molar-refractivity contribution < 1.29 is 19.1 Å². The van der Waals surface area contributed by atoms with Gasteiger partial charge in [0.1, 0.15) is 11.3 Å². The van der Waals surface area contributed by atoms with Crippen LogP contribution in [0.2, 0.25) is 5.02 Å². The highest BCUT2D eigenvalue weighted by molar-refractivity contribution is 7.99. The third kappa shape index (κ3) is 7.80. The van der Waals surface area contributed by atoms with Crippen LogP contribution in [-0.4, -0.2) is 34.0 Å². The first-order chi connectivity index (χ1) is 16.6. The number of pyridine rings is 1. The summed E-state index contributed by atoms with van der Waals surface area (Å²) in [5, 5.41) is 0.610. The van der Waals surface area contributed by atoms with E-state index in [0.717, 1.165) is 29.7 Å². The lowest BCUT2D eigenvalue weighted by Crippen LogP contribution is -2.38. The minimum Gasteiger partial charge on any atom is -0.460 e. The molecule has 0 fully saturated rings. The lowest BCUT2D eigenvalue weighted by Gasteiger charge is -2.26. The van der Waals surface area contributed by atoms with Crippen molar-refractivity contribution in [3.05, 3.63) is 52.8 Å². The van der Waals surface area contributed by atoms with Gasteiger partial charge in [-0.15, -0.1) is 11.8 Å². The van der Waals surface area contributed by atoms with Crippen molar-refractivity contribution in [2.24, 2.45) is 5.92 Å². The van der Waals surface area contributed by atoms with Gasteiger partial charge in [-0.1, -0.05) is 43.5 Å². The van der Waals surface area contributed by atoms with E-state index < -0.39 is 17.5 Å². The van der Waals surface area contributed by atoms with Gasteiger partial charge in [0, 0.05) is 28.3 Å². The number of halogens is 1. The van der Waals surface area contributed by atoms with E-state index >= 15 is 0 Å². The molecule has 0 unspecified atom stereocenters. The molecule has 0 saturated heterocycles. The third-order valence-electron chi connectivity index (χ3n) is 5.57. The second-order valence-corrected chi connectivity index (χ2v) is 11.3. The molecule has 2 heterocycles. The smallest absolute Gasteiger partial charge is 0.307 e. The number of thioether (sulfide) groups is 1. The molecule has 1 amide bonds. The fourth-order valence-electron chi connectivity index (χ4n) is 3.84. The number of hydrogen-bond donors (Lipinski definition) is 0. The third-order valence-corrected chi connectivity index (χ3v) is 7.02. The number of carbonyl (C=O) groups excluding carboxylic acids is 3. The Morgan fingerprint density at radius 1 is 1.20 bits per heavy atom. The van der Waals surface area contributed by atoms with Crippen LogP contribution in [0, 0.1) is 5.92 Å². The number of benzene rings is 1.